The minimum absolute atomic E-state index is 0.0127. The summed E-state index contributed by atoms with van der Waals surface area (Å²) in [6, 6.07) is 0.502. The standard InChI is InChI=1S/C8H17NO.C8H17N/c1-5-3-6(2)8(10)7(9)4-5;1-6-3-7(2)5-8(9)4-6/h5-8,10H,3-4,9H2,1-2H3;6-8H,3-5,9H2,1-2H3/t5-,6-,7+,8+;6-,7-/m00/s1. The van der Waals surface area contributed by atoms with E-state index in [1.54, 1.807) is 0 Å². The van der Waals surface area contributed by atoms with E-state index in [4.69, 9.17) is 11.5 Å². The van der Waals surface area contributed by atoms with E-state index >= 15 is 0 Å². The summed E-state index contributed by atoms with van der Waals surface area (Å²) in [7, 11) is 0. The van der Waals surface area contributed by atoms with Crippen LogP contribution in [0.3, 0.4) is 0 Å². The van der Waals surface area contributed by atoms with Gasteiger partial charge in [-0.15, -0.1) is 0 Å². The molecule has 3 heteroatoms. The Kier molecular flexibility index (Phi) is 6.78. The second kappa shape index (κ2) is 7.61. The summed E-state index contributed by atoms with van der Waals surface area (Å²) in [6.07, 6.45) is 5.69. The van der Waals surface area contributed by atoms with E-state index in [-0.39, 0.29) is 12.1 Å². The van der Waals surface area contributed by atoms with Gasteiger partial charge in [-0.2, -0.15) is 0 Å². The first-order valence-corrected chi connectivity index (χ1v) is 7.98. The van der Waals surface area contributed by atoms with E-state index in [1.807, 2.05) is 0 Å². The molecule has 0 aromatic carbocycles. The summed E-state index contributed by atoms with van der Waals surface area (Å²) in [5.41, 5.74) is 11.5. The molecule has 0 heterocycles. The van der Waals surface area contributed by atoms with Crippen molar-refractivity contribution < 1.29 is 5.11 Å². The lowest BCUT2D eigenvalue weighted by atomic mass is 9.79. The van der Waals surface area contributed by atoms with E-state index in [9.17, 15) is 5.11 Å². The molecule has 19 heavy (non-hydrogen) atoms. The highest BCUT2D eigenvalue weighted by Crippen LogP contribution is 2.28. The van der Waals surface area contributed by atoms with Crippen LogP contribution in [0.25, 0.3) is 0 Å². The Morgan fingerprint density at radius 3 is 1.63 bits per heavy atom. The Hall–Kier alpha value is -0.120. The van der Waals surface area contributed by atoms with Crippen molar-refractivity contribution in [3.05, 3.63) is 0 Å². The topological polar surface area (TPSA) is 72.3 Å². The van der Waals surface area contributed by atoms with Gasteiger partial charge in [0.15, 0.2) is 0 Å². The summed E-state index contributed by atoms with van der Waals surface area (Å²) < 4.78 is 0. The van der Waals surface area contributed by atoms with Crippen LogP contribution in [0.5, 0.6) is 0 Å². The van der Waals surface area contributed by atoms with Gasteiger partial charge in [0.2, 0.25) is 0 Å². The summed E-state index contributed by atoms with van der Waals surface area (Å²) in [5, 5.41) is 9.44. The summed E-state index contributed by atoms with van der Waals surface area (Å²) >= 11 is 0. The normalized spacial score (nSPS) is 47.2. The molecule has 0 bridgehead atoms. The Morgan fingerprint density at radius 1 is 0.737 bits per heavy atom. The molecule has 0 unspecified atom stereocenters. The molecule has 3 nitrogen and oxygen atoms in total. The Bertz CT molecular complexity index is 222. The number of rotatable bonds is 0. The van der Waals surface area contributed by atoms with Crippen molar-refractivity contribution in [1.82, 2.24) is 0 Å². The zero-order chi connectivity index (χ0) is 14.6. The molecule has 0 saturated heterocycles. The van der Waals surface area contributed by atoms with Crippen molar-refractivity contribution in [2.24, 2.45) is 35.1 Å². The van der Waals surface area contributed by atoms with E-state index in [2.05, 4.69) is 27.7 Å². The van der Waals surface area contributed by atoms with Gasteiger partial charge in [-0.3, -0.25) is 0 Å². The molecule has 0 radical (unpaired) electrons. The molecule has 0 spiro atoms. The zero-order valence-corrected chi connectivity index (χ0v) is 13.2. The van der Waals surface area contributed by atoms with Gasteiger partial charge in [-0.25, -0.2) is 0 Å². The molecule has 0 aliphatic heterocycles. The maximum Gasteiger partial charge on any atom is 0.0716 e. The highest BCUT2D eigenvalue weighted by Gasteiger charge is 2.29. The second-order valence-electron chi connectivity index (χ2n) is 7.39. The predicted molar refractivity (Wildman–Crippen MR) is 81.7 cm³/mol. The first kappa shape index (κ1) is 16.9. The van der Waals surface area contributed by atoms with Crippen LogP contribution in [-0.4, -0.2) is 23.3 Å². The molecule has 0 aromatic heterocycles. The fraction of sp³-hybridized carbons (Fsp3) is 1.00. The van der Waals surface area contributed by atoms with Crippen LogP contribution < -0.4 is 11.5 Å². The molecule has 0 aromatic rings. The fourth-order valence-electron chi connectivity index (χ4n) is 3.91. The Labute approximate surface area is 119 Å². The molecule has 2 aliphatic rings. The Morgan fingerprint density at radius 2 is 1.21 bits per heavy atom. The average Bonchev–Trinajstić information content (AvgIpc) is 2.24. The number of aliphatic hydroxyl groups excluding tert-OH is 1. The van der Waals surface area contributed by atoms with Crippen LogP contribution >= 0.6 is 0 Å². The maximum absolute atomic E-state index is 9.44. The molecule has 114 valence electrons. The Balaban J connectivity index is 0.000000191. The van der Waals surface area contributed by atoms with Gasteiger partial charge in [0, 0.05) is 12.1 Å². The van der Waals surface area contributed by atoms with Gasteiger partial charge >= 0.3 is 0 Å². The number of hydrogen-bond donors (Lipinski definition) is 3. The fourth-order valence-corrected chi connectivity index (χ4v) is 3.91. The third-order valence-electron chi connectivity index (χ3n) is 4.69. The summed E-state index contributed by atoms with van der Waals surface area (Å²) in [6.45, 7) is 8.87. The molecule has 2 saturated carbocycles. The lowest BCUT2D eigenvalue weighted by molar-refractivity contribution is 0.0420. The smallest absolute Gasteiger partial charge is 0.0716 e. The third-order valence-corrected chi connectivity index (χ3v) is 4.69. The van der Waals surface area contributed by atoms with Crippen molar-refractivity contribution in [2.75, 3.05) is 0 Å². The predicted octanol–water partition coefficient (Wildman–Crippen LogP) is 2.51. The van der Waals surface area contributed by atoms with E-state index in [1.165, 1.54) is 19.3 Å². The molecular formula is C16H34N2O. The van der Waals surface area contributed by atoms with Crippen LogP contribution in [0, 0.1) is 23.7 Å². The maximum atomic E-state index is 9.44. The van der Waals surface area contributed by atoms with Gasteiger partial charge in [-0.1, -0.05) is 27.7 Å². The van der Waals surface area contributed by atoms with Crippen LogP contribution in [0.1, 0.15) is 59.8 Å². The first-order chi connectivity index (χ1) is 8.79. The second-order valence-corrected chi connectivity index (χ2v) is 7.39. The highest BCUT2D eigenvalue weighted by molar-refractivity contribution is 4.84. The molecule has 0 amide bonds. The van der Waals surface area contributed by atoms with Crippen molar-refractivity contribution in [1.29, 1.82) is 0 Å². The number of aliphatic hydroxyl groups is 1. The first-order valence-electron chi connectivity index (χ1n) is 7.98. The number of nitrogens with two attached hydrogens (primary N) is 2. The van der Waals surface area contributed by atoms with Crippen LogP contribution in [0.2, 0.25) is 0 Å². The quantitative estimate of drug-likeness (QED) is 0.633. The molecule has 5 N–H and O–H groups in total. The van der Waals surface area contributed by atoms with Crippen LogP contribution in [0.4, 0.5) is 0 Å². The van der Waals surface area contributed by atoms with Crippen molar-refractivity contribution in [3.63, 3.8) is 0 Å². The summed E-state index contributed by atoms with van der Waals surface area (Å²) in [4.78, 5) is 0. The monoisotopic (exact) mass is 270 g/mol. The van der Waals surface area contributed by atoms with Crippen LogP contribution in [-0.2, 0) is 0 Å². The highest BCUT2D eigenvalue weighted by atomic mass is 16.3. The molecule has 2 rings (SSSR count). The summed E-state index contributed by atoms with van der Waals surface area (Å²) in [5.74, 6) is 2.81. The van der Waals surface area contributed by atoms with Gasteiger partial charge < -0.3 is 16.6 Å². The van der Waals surface area contributed by atoms with Crippen LogP contribution in [0.15, 0.2) is 0 Å². The van der Waals surface area contributed by atoms with E-state index < -0.39 is 0 Å². The lowest BCUT2D eigenvalue weighted by Gasteiger charge is -2.34. The largest absolute Gasteiger partial charge is 0.391 e. The number of hydrogen-bond acceptors (Lipinski definition) is 3. The van der Waals surface area contributed by atoms with Gasteiger partial charge in [-0.05, 0) is 55.8 Å². The van der Waals surface area contributed by atoms with Gasteiger partial charge in [0.1, 0.15) is 0 Å². The average molecular weight is 270 g/mol. The molecule has 2 fully saturated rings. The van der Waals surface area contributed by atoms with Crippen molar-refractivity contribution >= 4 is 0 Å². The zero-order valence-electron chi connectivity index (χ0n) is 13.2. The third kappa shape index (κ3) is 5.80. The molecule has 6 atom stereocenters. The minimum Gasteiger partial charge on any atom is -0.391 e. The van der Waals surface area contributed by atoms with Gasteiger partial charge in [0.05, 0.1) is 6.10 Å². The van der Waals surface area contributed by atoms with E-state index in [0.717, 1.165) is 24.7 Å². The lowest BCUT2D eigenvalue weighted by Crippen LogP contribution is -2.44. The van der Waals surface area contributed by atoms with Crippen molar-refractivity contribution in [2.45, 2.75) is 78.0 Å². The van der Waals surface area contributed by atoms with Gasteiger partial charge in [0.25, 0.3) is 0 Å². The molecule has 2 aliphatic carbocycles. The minimum atomic E-state index is -0.267. The SMILES string of the molecule is C[C@@H]1CC(N)C[C@@H](C)C1.C[C@@H]1C[C@@H](N)[C@H](O)[C@@H](C)C1. The molecular weight excluding hydrogens is 236 g/mol. The van der Waals surface area contributed by atoms with E-state index in [0.29, 0.717) is 17.9 Å². The van der Waals surface area contributed by atoms with Crippen molar-refractivity contribution in [3.8, 4) is 0 Å².